The first-order valence-electron chi connectivity index (χ1n) is 6.45. The molecule has 2 rings (SSSR count). The molecule has 0 saturated heterocycles. The number of aliphatic hydroxyl groups is 1. The van der Waals surface area contributed by atoms with Crippen LogP contribution in [0.2, 0.25) is 0 Å². The summed E-state index contributed by atoms with van der Waals surface area (Å²) in [6.07, 6.45) is -0.601. The van der Waals surface area contributed by atoms with E-state index in [1.165, 1.54) is 0 Å². The maximum Gasteiger partial charge on any atom is 0.104 e. The summed E-state index contributed by atoms with van der Waals surface area (Å²) in [5.41, 5.74) is 9.59. The number of nitrogens with one attached hydrogen (secondary N) is 1. The third-order valence-corrected chi connectivity index (χ3v) is 3.25. The molecule has 0 saturated carbocycles. The molecule has 1 atom stereocenters. The second-order valence-corrected chi connectivity index (χ2v) is 4.58. The van der Waals surface area contributed by atoms with E-state index < -0.39 is 6.10 Å². The summed E-state index contributed by atoms with van der Waals surface area (Å²) in [5.74, 6) is 0. The van der Waals surface area contributed by atoms with E-state index in [2.05, 4.69) is 5.32 Å². The Bertz CT molecular complexity index is 523. The Kier molecular flexibility index (Phi) is 4.68. The molecular weight excluding hydrogens is 236 g/mol. The summed E-state index contributed by atoms with van der Waals surface area (Å²) in [7, 11) is 1.90. The van der Waals surface area contributed by atoms with E-state index in [0.717, 1.165) is 28.8 Å². The van der Waals surface area contributed by atoms with E-state index in [9.17, 15) is 5.11 Å². The average molecular weight is 256 g/mol. The van der Waals surface area contributed by atoms with Gasteiger partial charge in [-0.05, 0) is 29.3 Å². The number of aliphatic hydroxyl groups excluding tert-OH is 1. The number of nitrogens with two attached hydrogens (primary N) is 1. The van der Waals surface area contributed by atoms with E-state index in [1.54, 1.807) is 0 Å². The maximum atomic E-state index is 10.5. The molecule has 0 aliphatic rings. The summed E-state index contributed by atoms with van der Waals surface area (Å²) >= 11 is 0. The third-order valence-electron chi connectivity index (χ3n) is 3.25. The van der Waals surface area contributed by atoms with Crippen molar-refractivity contribution in [3.05, 3.63) is 70.8 Å². The van der Waals surface area contributed by atoms with Crippen LogP contribution in [0.25, 0.3) is 0 Å². The van der Waals surface area contributed by atoms with Crippen LogP contribution in [-0.2, 0) is 13.1 Å². The fourth-order valence-electron chi connectivity index (χ4n) is 2.17. The second kappa shape index (κ2) is 6.48. The smallest absolute Gasteiger partial charge is 0.104 e. The van der Waals surface area contributed by atoms with Crippen molar-refractivity contribution in [1.82, 2.24) is 5.32 Å². The lowest BCUT2D eigenvalue weighted by molar-refractivity contribution is 0.219. The molecule has 0 heterocycles. The second-order valence-electron chi connectivity index (χ2n) is 4.58. The predicted molar refractivity (Wildman–Crippen MR) is 77.6 cm³/mol. The molecule has 19 heavy (non-hydrogen) atoms. The van der Waals surface area contributed by atoms with Crippen LogP contribution in [0.4, 0.5) is 0 Å². The van der Waals surface area contributed by atoms with Gasteiger partial charge in [0.1, 0.15) is 6.10 Å². The van der Waals surface area contributed by atoms with E-state index in [0.29, 0.717) is 6.54 Å². The largest absolute Gasteiger partial charge is 0.384 e. The van der Waals surface area contributed by atoms with Gasteiger partial charge < -0.3 is 16.2 Å². The number of rotatable bonds is 5. The molecule has 0 radical (unpaired) electrons. The minimum atomic E-state index is -0.601. The highest BCUT2D eigenvalue weighted by Gasteiger charge is 2.13. The van der Waals surface area contributed by atoms with E-state index in [-0.39, 0.29) is 0 Å². The zero-order valence-electron chi connectivity index (χ0n) is 11.1. The maximum absolute atomic E-state index is 10.5. The monoisotopic (exact) mass is 256 g/mol. The SMILES string of the molecule is CNCc1ccccc1C(O)c1ccc(CN)cc1. The molecule has 0 spiro atoms. The van der Waals surface area contributed by atoms with Gasteiger partial charge in [0.25, 0.3) is 0 Å². The first-order chi connectivity index (χ1) is 9.26. The molecule has 0 fully saturated rings. The van der Waals surface area contributed by atoms with Crippen molar-refractivity contribution in [3.63, 3.8) is 0 Å². The summed E-state index contributed by atoms with van der Waals surface area (Å²) in [6, 6.07) is 15.7. The standard InChI is InChI=1S/C16H20N2O/c1-18-11-14-4-2-3-5-15(14)16(19)13-8-6-12(10-17)7-9-13/h2-9,16,18-19H,10-11,17H2,1H3. The lowest BCUT2D eigenvalue weighted by Crippen LogP contribution is -2.10. The molecule has 2 aromatic carbocycles. The molecule has 1 unspecified atom stereocenters. The normalized spacial score (nSPS) is 12.4. The molecule has 0 bridgehead atoms. The van der Waals surface area contributed by atoms with Gasteiger partial charge in [-0.3, -0.25) is 0 Å². The van der Waals surface area contributed by atoms with Crippen LogP contribution in [0, 0.1) is 0 Å². The highest BCUT2D eigenvalue weighted by atomic mass is 16.3. The molecule has 3 nitrogen and oxygen atoms in total. The molecule has 0 aliphatic carbocycles. The van der Waals surface area contributed by atoms with Crippen LogP contribution in [0.1, 0.15) is 28.4 Å². The summed E-state index contributed by atoms with van der Waals surface area (Å²) in [4.78, 5) is 0. The lowest BCUT2D eigenvalue weighted by Gasteiger charge is -2.16. The van der Waals surface area contributed by atoms with E-state index in [1.807, 2.05) is 55.6 Å². The van der Waals surface area contributed by atoms with Gasteiger partial charge in [-0.25, -0.2) is 0 Å². The predicted octanol–water partition coefficient (Wildman–Crippen LogP) is 1.95. The Morgan fingerprint density at radius 3 is 2.42 bits per heavy atom. The summed E-state index contributed by atoms with van der Waals surface area (Å²) < 4.78 is 0. The molecule has 0 aliphatic heterocycles. The Morgan fingerprint density at radius 1 is 1.11 bits per heavy atom. The van der Waals surface area contributed by atoms with E-state index in [4.69, 9.17) is 5.73 Å². The van der Waals surface area contributed by atoms with Crippen LogP contribution in [-0.4, -0.2) is 12.2 Å². The Hall–Kier alpha value is -1.68. The number of hydrogen-bond donors (Lipinski definition) is 3. The van der Waals surface area contributed by atoms with Crippen molar-refractivity contribution in [2.45, 2.75) is 19.2 Å². The van der Waals surface area contributed by atoms with Gasteiger partial charge in [0.05, 0.1) is 0 Å². The Balaban J connectivity index is 2.29. The highest BCUT2D eigenvalue weighted by Crippen LogP contribution is 2.25. The zero-order valence-corrected chi connectivity index (χ0v) is 11.1. The first-order valence-corrected chi connectivity index (χ1v) is 6.45. The topological polar surface area (TPSA) is 58.3 Å². The van der Waals surface area contributed by atoms with Crippen LogP contribution in [0.15, 0.2) is 48.5 Å². The zero-order chi connectivity index (χ0) is 13.7. The molecule has 2 aromatic rings. The minimum absolute atomic E-state index is 0.521. The van der Waals surface area contributed by atoms with Crippen LogP contribution in [0.3, 0.4) is 0 Å². The quantitative estimate of drug-likeness (QED) is 0.766. The van der Waals surface area contributed by atoms with Crippen LogP contribution < -0.4 is 11.1 Å². The molecule has 4 N–H and O–H groups in total. The molecular formula is C16H20N2O. The van der Waals surface area contributed by atoms with Crippen molar-refractivity contribution in [2.75, 3.05) is 7.05 Å². The number of benzene rings is 2. The van der Waals surface area contributed by atoms with Crippen LogP contribution in [0.5, 0.6) is 0 Å². The van der Waals surface area contributed by atoms with Crippen LogP contribution >= 0.6 is 0 Å². The minimum Gasteiger partial charge on any atom is -0.384 e. The fraction of sp³-hybridized carbons (Fsp3) is 0.250. The molecule has 0 aromatic heterocycles. The summed E-state index contributed by atoms with van der Waals surface area (Å²) in [6.45, 7) is 1.26. The molecule has 3 heteroatoms. The fourth-order valence-corrected chi connectivity index (χ4v) is 2.17. The average Bonchev–Trinajstić information content (AvgIpc) is 2.47. The van der Waals surface area contributed by atoms with Gasteiger partial charge in [-0.15, -0.1) is 0 Å². The Morgan fingerprint density at radius 2 is 1.79 bits per heavy atom. The van der Waals surface area contributed by atoms with Crippen molar-refractivity contribution in [1.29, 1.82) is 0 Å². The first kappa shape index (κ1) is 13.7. The Labute approximate surface area is 114 Å². The molecule has 0 amide bonds. The van der Waals surface area contributed by atoms with Crippen molar-refractivity contribution >= 4 is 0 Å². The molecule has 100 valence electrons. The van der Waals surface area contributed by atoms with Gasteiger partial charge in [0, 0.05) is 13.1 Å². The lowest BCUT2D eigenvalue weighted by atomic mass is 9.96. The van der Waals surface area contributed by atoms with Gasteiger partial charge in [-0.2, -0.15) is 0 Å². The van der Waals surface area contributed by atoms with Crippen molar-refractivity contribution < 1.29 is 5.11 Å². The highest BCUT2D eigenvalue weighted by molar-refractivity contribution is 5.36. The van der Waals surface area contributed by atoms with Gasteiger partial charge in [-0.1, -0.05) is 48.5 Å². The van der Waals surface area contributed by atoms with Gasteiger partial charge in [0.15, 0.2) is 0 Å². The summed E-state index contributed by atoms with van der Waals surface area (Å²) in [5, 5.41) is 13.6. The third kappa shape index (κ3) is 3.20. The van der Waals surface area contributed by atoms with Gasteiger partial charge in [0.2, 0.25) is 0 Å². The van der Waals surface area contributed by atoms with Gasteiger partial charge >= 0.3 is 0 Å². The van der Waals surface area contributed by atoms with Crippen molar-refractivity contribution in [3.8, 4) is 0 Å². The number of hydrogen-bond acceptors (Lipinski definition) is 3. The van der Waals surface area contributed by atoms with Crippen molar-refractivity contribution in [2.24, 2.45) is 5.73 Å². The van der Waals surface area contributed by atoms with E-state index >= 15 is 0 Å².